The van der Waals surface area contributed by atoms with Gasteiger partial charge in [-0.1, -0.05) is 6.92 Å². The molecule has 22 heavy (non-hydrogen) atoms. The fourth-order valence-electron chi connectivity index (χ4n) is 2.76. The SMILES string of the molecule is CCOc1c(CCCN(CC)C(C)(C)C)cc(N)cc1OC. The summed E-state index contributed by atoms with van der Waals surface area (Å²) < 4.78 is 11.2. The molecule has 0 bridgehead atoms. The van der Waals surface area contributed by atoms with Gasteiger partial charge in [-0.3, -0.25) is 4.90 Å². The third-order valence-corrected chi connectivity index (χ3v) is 3.87. The minimum Gasteiger partial charge on any atom is -0.493 e. The van der Waals surface area contributed by atoms with Gasteiger partial charge in [-0.15, -0.1) is 0 Å². The average molecular weight is 308 g/mol. The summed E-state index contributed by atoms with van der Waals surface area (Å²) in [5, 5.41) is 0. The molecule has 0 radical (unpaired) electrons. The highest BCUT2D eigenvalue weighted by Gasteiger charge is 2.19. The topological polar surface area (TPSA) is 47.7 Å². The Morgan fingerprint density at radius 1 is 1.18 bits per heavy atom. The van der Waals surface area contributed by atoms with Crippen LogP contribution in [0.5, 0.6) is 11.5 Å². The fraction of sp³-hybridized carbons (Fsp3) is 0.667. The molecule has 0 spiro atoms. The Hall–Kier alpha value is -1.42. The number of aryl methyl sites for hydroxylation is 1. The highest BCUT2D eigenvalue weighted by molar-refractivity contribution is 5.57. The Balaban J connectivity index is 2.82. The predicted octanol–water partition coefficient (Wildman–Crippen LogP) is 3.73. The molecule has 4 heteroatoms. The lowest BCUT2D eigenvalue weighted by atomic mass is 10.0. The Labute approximate surface area is 135 Å². The van der Waals surface area contributed by atoms with Gasteiger partial charge in [-0.05, 0) is 59.7 Å². The molecule has 0 aliphatic carbocycles. The van der Waals surface area contributed by atoms with Crippen molar-refractivity contribution >= 4 is 5.69 Å². The third kappa shape index (κ3) is 5.09. The van der Waals surface area contributed by atoms with Crippen molar-refractivity contribution in [3.05, 3.63) is 17.7 Å². The zero-order valence-corrected chi connectivity index (χ0v) is 15.0. The molecule has 0 aromatic heterocycles. The number of benzene rings is 1. The van der Waals surface area contributed by atoms with E-state index in [9.17, 15) is 0 Å². The molecule has 0 heterocycles. The van der Waals surface area contributed by atoms with Crippen molar-refractivity contribution < 1.29 is 9.47 Å². The van der Waals surface area contributed by atoms with Gasteiger partial charge in [0.25, 0.3) is 0 Å². The van der Waals surface area contributed by atoms with Crippen LogP contribution in [0, 0.1) is 0 Å². The van der Waals surface area contributed by atoms with Crippen LogP contribution in [-0.4, -0.2) is 37.2 Å². The smallest absolute Gasteiger partial charge is 0.164 e. The number of anilines is 1. The minimum absolute atomic E-state index is 0.199. The molecule has 0 amide bonds. The number of methoxy groups -OCH3 is 1. The average Bonchev–Trinajstić information content (AvgIpc) is 2.44. The van der Waals surface area contributed by atoms with E-state index in [0.29, 0.717) is 6.61 Å². The second-order valence-corrected chi connectivity index (χ2v) is 6.50. The molecule has 2 N–H and O–H groups in total. The van der Waals surface area contributed by atoms with Crippen molar-refractivity contribution in [2.45, 2.75) is 53.0 Å². The summed E-state index contributed by atoms with van der Waals surface area (Å²) in [5.41, 5.74) is 8.03. The Morgan fingerprint density at radius 2 is 1.86 bits per heavy atom. The molecule has 126 valence electrons. The van der Waals surface area contributed by atoms with Gasteiger partial charge in [-0.25, -0.2) is 0 Å². The van der Waals surface area contributed by atoms with Gasteiger partial charge in [0.15, 0.2) is 11.5 Å². The molecule has 0 atom stereocenters. The molecular formula is C18H32N2O2. The summed E-state index contributed by atoms with van der Waals surface area (Å²) in [6, 6.07) is 3.82. The van der Waals surface area contributed by atoms with Crippen molar-refractivity contribution in [3.63, 3.8) is 0 Å². The summed E-state index contributed by atoms with van der Waals surface area (Å²) in [6.07, 6.45) is 2.00. The van der Waals surface area contributed by atoms with Gasteiger partial charge >= 0.3 is 0 Å². The molecule has 4 nitrogen and oxygen atoms in total. The second-order valence-electron chi connectivity index (χ2n) is 6.50. The summed E-state index contributed by atoms with van der Waals surface area (Å²) in [4.78, 5) is 2.48. The number of nitrogen functional groups attached to an aromatic ring is 1. The lowest BCUT2D eigenvalue weighted by Crippen LogP contribution is -2.41. The third-order valence-electron chi connectivity index (χ3n) is 3.87. The van der Waals surface area contributed by atoms with Gasteiger partial charge in [0.2, 0.25) is 0 Å². The van der Waals surface area contributed by atoms with Crippen LogP contribution < -0.4 is 15.2 Å². The van der Waals surface area contributed by atoms with E-state index in [1.54, 1.807) is 7.11 Å². The zero-order chi connectivity index (χ0) is 16.8. The van der Waals surface area contributed by atoms with Gasteiger partial charge < -0.3 is 15.2 Å². The van der Waals surface area contributed by atoms with Crippen molar-refractivity contribution in [1.29, 1.82) is 0 Å². The molecular weight excluding hydrogens is 276 g/mol. The molecule has 0 fully saturated rings. The maximum atomic E-state index is 5.98. The van der Waals surface area contributed by atoms with E-state index in [-0.39, 0.29) is 5.54 Å². The summed E-state index contributed by atoms with van der Waals surface area (Å²) in [5.74, 6) is 1.55. The molecule has 0 aliphatic heterocycles. The minimum atomic E-state index is 0.199. The standard InChI is InChI=1S/C18H32N2O2/c1-7-20(18(3,4)5)11-9-10-14-12-15(19)13-16(21-6)17(14)22-8-2/h12-13H,7-11,19H2,1-6H3. The zero-order valence-electron chi connectivity index (χ0n) is 15.0. The summed E-state index contributed by atoms with van der Waals surface area (Å²) in [7, 11) is 1.65. The molecule has 1 aromatic rings. The Morgan fingerprint density at radius 3 is 2.36 bits per heavy atom. The Kier molecular flexibility index (Phi) is 7.01. The highest BCUT2D eigenvalue weighted by Crippen LogP contribution is 2.34. The van der Waals surface area contributed by atoms with Crippen LogP contribution in [0.15, 0.2) is 12.1 Å². The van der Waals surface area contributed by atoms with Crippen molar-refractivity contribution in [2.24, 2.45) is 0 Å². The van der Waals surface area contributed by atoms with Crippen LogP contribution in [0.2, 0.25) is 0 Å². The van der Waals surface area contributed by atoms with Crippen LogP contribution in [0.25, 0.3) is 0 Å². The lowest BCUT2D eigenvalue weighted by Gasteiger charge is -2.34. The molecule has 0 aliphatic rings. The van der Waals surface area contributed by atoms with E-state index in [0.717, 1.165) is 48.7 Å². The quantitative estimate of drug-likeness (QED) is 0.743. The fourth-order valence-corrected chi connectivity index (χ4v) is 2.76. The molecule has 1 rings (SSSR count). The molecule has 0 unspecified atom stereocenters. The maximum absolute atomic E-state index is 5.98. The van der Waals surface area contributed by atoms with Crippen molar-refractivity contribution in [2.75, 3.05) is 32.5 Å². The summed E-state index contributed by atoms with van der Waals surface area (Å²) >= 11 is 0. The number of ether oxygens (including phenoxy) is 2. The van der Waals surface area contributed by atoms with E-state index in [2.05, 4.69) is 32.6 Å². The molecule has 0 saturated heterocycles. The van der Waals surface area contributed by atoms with Gasteiger partial charge in [0, 0.05) is 22.9 Å². The largest absolute Gasteiger partial charge is 0.493 e. The van der Waals surface area contributed by atoms with Gasteiger partial charge in [0.1, 0.15) is 0 Å². The first kappa shape index (κ1) is 18.6. The van der Waals surface area contributed by atoms with Crippen LogP contribution in [0.3, 0.4) is 0 Å². The first-order valence-electron chi connectivity index (χ1n) is 8.17. The van der Waals surface area contributed by atoms with Crippen LogP contribution in [0.4, 0.5) is 5.69 Å². The molecule has 1 aromatic carbocycles. The van der Waals surface area contributed by atoms with Crippen LogP contribution >= 0.6 is 0 Å². The van der Waals surface area contributed by atoms with Gasteiger partial charge in [0.05, 0.1) is 13.7 Å². The number of nitrogens with two attached hydrogens (primary N) is 1. The Bertz CT molecular complexity index is 467. The van der Waals surface area contributed by atoms with E-state index >= 15 is 0 Å². The first-order valence-corrected chi connectivity index (χ1v) is 8.17. The number of hydrogen-bond acceptors (Lipinski definition) is 4. The van der Waals surface area contributed by atoms with Crippen LogP contribution in [0.1, 0.15) is 46.6 Å². The van der Waals surface area contributed by atoms with E-state index in [1.807, 2.05) is 19.1 Å². The van der Waals surface area contributed by atoms with E-state index in [4.69, 9.17) is 15.2 Å². The van der Waals surface area contributed by atoms with E-state index < -0.39 is 0 Å². The van der Waals surface area contributed by atoms with Crippen LogP contribution in [-0.2, 0) is 6.42 Å². The monoisotopic (exact) mass is 308 g/mol. The summed E-state index contributed by atoms with van der Waals surface area (Å²) in [6.45, 7) is 13.7. The normalized spacial score (nSPS) is 11.8. The first-order chi connectivity index (χ1) is 10.3. The second kappa shape index (κ2) is 8.28. The number of hydrogen-bond donors (Lipinski definition) is 1. The number of rotatable bonds is 8. The number of nitrogens with zero attached hydrogens (tertiary/aromatic N) is 1. The highest BCUT2D eigenvalue weighted by atomic mass is 16.5. The van der Waals surface area contributed by atoms with Crippen molar-refractivity contribution in [1.82, 2.24) is 4.90 Å². The molecule has 0 saturated carbocycles. The predicted molar refractivity (Wildman–Crippen MR) is 93.9 cm³/mol. The lowest BCUT2D eigenvalue weighted by molar-refractivity contribution is 0.143. The maximum Gasteiger partial charge on any atom is 0.164 e. The van der Waals surface area contributed by atoms with E-state index in [1.165, 1.54) is 0 Å². The van der Waals surface area contributed by atoms with Crippen molar-refractivity contribution in [3.8, 4) is 11.5 Å². The van der Waals surface area contributed by atoms with Gasteiger partial charge in [-0.2, -0.15) is 0 Å².